The van der Waals surface area contributed by atoms with Crippen LogP contribution in [0.1, 0.15) is 28.3 Å². The van der Waals surface area contributed by atoms with Gasteiger partial charge >= 0.3 is 0 Å². The van der Waals surface area contributed by atoms with Crippen LogP contribution < -0.4 is 0 Å². The van der Waals surface area contributed by atoms with Crippen molar-refractivity contribution in [3.05, 3.63) is 83.5 Å². The van der Waals surface area contributed by atoms with Crippen LogP contribution in [0.4, 0.5) is 4.39 Å². The molecule has 2 heterocycles. The Kier molecular flexibility index (Phi) is 3.29. The Morgan fingerprint density at radius 2 is 1.90 bits per heavy atom. The van der Waals surface area contributed by atoms with Gasteiger partial charge in [-0.1, -0.05) is 12.1 Å². The number of imidazole rings is 1. The third-order valence-corrected chi connectivity index (χ3v) is 3.49. The normalized spacial score (nSPS) is 12.3. The summed E-state index contributed by atoms with van der Waals surface area (Å²) >= 11 is 0. The Labute approximate surface area is 116 Å². The zero-order valence-electron chi connectivity index (χ0n) is 11.0. The number of aromatic amines is 1. The van der Waals surface area contributed by atoms with Crippen LogP contribution in [0.15, 0.2) is 55.2 Å². The molecular formula is C16H14FN3. The highest BCUT2D eigenvalue weighted by molar-refractivity contribution is 5.43. The van der Waals surface area contributed by atoms with Crippen molar-refractivity contribution < 1.29 is 4.39 Å². The number of nitrogens with one attached hydrogen (secondary N) is 1. The molecule has 0 spiro atoms. The van der Waals surface area contributed by atoms with E-state index < -0.39 is 0 Å². The van der Waals surface area contributed by atoms with E-state index in [0.717, 1.165) is 16.8 Å². The SMILES string of the molecule is Cc1c(F)cccc1C(c1ccncc1)c1cnc[nH]1. The fraction of sp³-hybridized carbons (Fsp3) is 0.125. The van der Waals surface area contributed by atoms with E-state index in [9.17, 15) is 4.39 Å². The van der Waals surface area contributed by atoms with Gasteiger partial charge < -0.3 is 4.98 Å². The molecule has 0 aliphatic rings. The van der Waals surface area contributed by atoms with Gasteiger partial charge in [0.1, 0.15) is 5.82 Å². The Morgan fingerprint density at radius 3 is 2.60 bits per heavy atom. The van der Waals surface area contributed by atoms with Crippen molar-refractivity contribution in [1.82, 2.24) is 15.0 Å². The molecule has 0 bridgehead atoms. The Hall–Kier alpha value is -2.49. The summed E-state index contributed by atoms with van der Waals surface area (Å²) in [6.45, 7) is 1.80. The summed E-state index contributed by atoms with van der Waals surface area (Å²) in [4.78, 5) is 11.3. The number of hydrogen-bond donors (Lipinski definition) is 1. The Balaban J connectivity index is 2.19. The number of rotatable bonds is 3. The second-order valence-corrected chi connectivity index (χ2v) is 4.67. The average Bonchev–Trinajstić information content (AvgIpc) is 2.99. The molecule has 0 saturated carbocycles. The molecule has 4 heteroatoms. The number of halogens is 1. The van der Waals surface area contributed by atoms with Crippen molar-refractivity contribution in [1.29, 1.82) is 0 Å². The van der Waals surface area contributed by atoms with Gasteiger partial charge in [0.2, 0.25) is 0 Å². The standard InChI is InChI=1S/C16H14FN3/c1-11-13(3-2-4-14(11)17)16(15-9-19-10-20-15)12-5-7-18-8-6-12/h2-10,16H,1H3,(H,19,20). The van der Waals surface area contributed by atoms with Crippen LogP contribution in [0, 0.1) is 12.7 Å². The van der Waals surface area contributed by atoms with Gasteiger partial charge in [-0.25, -0.2) is 9.37 Å². The highest BCUT2D eigenvalue weighted by atomic mass is 19.1. The second kappa shape index (κ2) is 5.25. The first-order valence-corrected chi connectivity index (χ1v) is 6.40. The lowest BCUT2D eigenvalue weighted by Gasteiger charge is -2.19. The van der Waals surface area contributed by atoms with Crippen molar-refractivity contribution in [2.75, 3.05) is 0 Å². The van der Waals surface area contributed by atoms with E-state index in [1.54, 1.807) is 37.9 Å². The van der Waals surface area contributed by atoms with Gasteiger partial charge in [-0.3, -0.25) is 4.98 Å². The minimum atomic E-state index is -0.193. The third-order valence-electron chi connectivity index (χ3n) is 3.49. The van der Waals surface area contributed by atoms with Crippen molar-refractivity contribution in [3.8, 4) is 0 Å². The van der Waals surface area contributed by atoms with Crippen molar-refractivity contribution in [2.24, 2.45) is 0 Å². The molecule has 20 heavy (non-hydrogen) atoms. The molecule has 0 aliphatic heterocycles. The number of pyridine rings is 1. The zero-order chi connectivity index (χ0) is 13.9. The molecule has 1 atom stereocenters. The summed E-state index contributed by atoms with van der Waals surface area (Å²) in [6, 6.07) is 9.05. The second-order valence-electron chi connectivity index (χ2n) is 4.67. The molecule has 0 amide bonds. The molecule has 100 valence electrons. The minimum Gasteiger partial charge on any atom is -0.348 e. The van der Waals surface area contributed by atoms with Gasteiger partial charge in [0.15, 0.2) is 0 Å². The molecule has 0 radical (unpaired) electrons. The van der Waals surface area contributed by atoms with Crippen LogP contribution in [0.5, 0.6) is 0 Å². The molecule has 3 rings (SSSR count). The van der Waals surface area contributed by atoms with Crippen LogP contribution in [0.3, 0.4) is 0 Å². The third kappa shape index (κ3) is 2.20. The summed E-state index contributed by atoms with van der Waals surface area (Å²) in [5, 5.41) is 0. The minimum absolute atomic E-state index is 0.0730. The maximum Gasteiger partial charge on any atom is 0.126 e. The molecule has 0 saturated heterocycles. The fourth-order valence-electron chi connectivity index (χ4n) is 2.44. The predicted molar refractivity (Wildman–Crippen MR) is 74.9 cm³/mol. The first-order chi connectivity index (χ1) is 9.77. The lowest BCUT2D eigenvalue weighted by Crippen LogP contribution is -2.07. The summed E-state index contributed by atoms with van der Waals surface area (Å²) in [5.74, 6) is -0.266. The van der Waals surface area contributed by atoms with E-state index in [1.165, 1.54) is 6.07 Å². The summed E-state index contributed by atoms with van der Waals surface area (Å²) < 4.78 is 13.9. The van der Waals surface area contributed by atoms with Gasteiger partial charge in [0.25, 0.3) is 0 Å². The number of nitrogens with zero attached hydrogens (tertiary/aromatic N) is 2. The molecule has 0 fully saturated rings. The predicted octanol–water partition coefficient (Wildman–Crippen LogP) is 3.43. The lowest BCUT2D eigenvalue weighted by atomic mass is 9.86. The van der Waals surface area contributed by atoms with Crippen molar-refractivity contribution in [3.63, 3.8) is 0 Å². The van der Waals surface area contributed by atoms with Crippen molar-refractivity contribution in [2.45, 2.75) is 12.8 Å². The zero-order valence-corrected chi connectivity index (χ0v) is 11.0. The molecule has 2 aromatic heterocycles. The Bertz CT molecular complexity index is 693. The number of aromatic nitrogens is 3. The van der Waals surface area contributed by atoms with E-state index in [0.29, 0.717) is 5.56 Å². The fourth-order valence-corrected chi connectivity index (χ4v) is 2.44. The monoisotopic (exact) mass is 267 g/mol. The van der Waals surface area contributed by atoms with Crippen LogP contribution in [-0.4, -0.2) is 15.0 Å². The highest BCUT2D eigenvalue weighted by Gasteiger charge is 2.20. The van der Waals surface area contributed by atoms with Crippen LogP contribution in [0.2, 0.25) is 0 Å². The quantitative estimate of drug-likeness (QED) is 0.790. The smallest absolute Gasteiger partial charge is 0.126 e. The lowest BCUT2D eigenvalue weighted by molar-refractivity contribution is 0.614. The first kappa shape index (κ1) is 12.5. The van der Waals surface area contributed by atoms with E-state index in [1.807, 2.05) is 18.2 Å². The van der Waals surface area contributed by atoms with Gasteiger partial charge in [-0.2, -0.15) is 0 Å². The maximum absolute atomic E-state index is 13.9. The maximum atomic E-state index is 13.9. The molecule has 1 unspecified atom stereocenters. The molecule has 3 aromatic rings. The number of hydrogen-bond acceptors (Lipinski definition) is 2. The van der Waals surface area contributed by atoms with Gasteiger partial charge in [-0.15, -0.1) is 0 Å². The van der Waals surface area contributed by atoms with Gasteiger partial charge in [0.05, 0.1) is 12.2 Å². The van der Waals surface area contributed by atoms with Crippen LogP contribution >= 0.6 is 0 Å². The summed E-state index contributed by atoms with van der Waals surface area (Å²) in [5.41, 5.74) is 3.58. The summed E-state index contributed by atoms with van der Waals surface area (Å²) in [7, 11) is 0. The number of benzene rings is 1. The summed E-state index contributed by atoms with van der Waals surface area (Å²) in [6.07, 6.45) is 6.90. The van der Waals surface area contributed by atoms with Gasteiger partial charge in [-0.05, 0) is 41.8 Å². The molecule has 1 aromatic carbocycles. The van der Waals surface area contributed by atoms with E-state index in [4.69, 9.17) is 0 Å². The molecule has 3 nitrogen and oxygen atoms in total. The van der Waals surface area contributed by atoms with E-state index in [-0.39, 0.29) is 11.7 Å². The first-order valence-electron chi connectivity index (χ1n) is 6.40. The highest BCUT2D eigenvalue weighted by Crippen LogP contribution is 2.32. The molecular weight excluding hydrogens is 253 g/mol. The van der Waals surface area contributed by atoms with E-state index >= 15 is 0 Å². The molecule has 0 aliphatic carbocycles. The largest absolute Gasteiger partial charge is 0.348 e. The molecule has 1 N–H and O–H groups in total. The average molecular weight is 267 g/mol. The van der Waals surface area contributed by atoms with Gasteiger partial charge in [0, 0.05) is 24.3 Å². The Morgan fingerprint density at radius 1 is 1.10 bits per heavy atom. The van der Waals surface area contributed by atoms with Crippen LogP contribution in [-0.2, 0) is 0 Å². The number of H-pyrrole nitrogens is 1. The van der Waals surface area contributed by atoms with Crippen molar-refractivity contribution >= 4 is 0 Å². The van der Waals surface area contributed by atoms with Crippen LogP contribution in [0.25, 0.3) is 0 Å². The topological polar surface area (TPSA) is 41.6 Å². The van der Waals surface area contributed by atoms with E-state index in [2.05, 4.69) is 15.0 Å².